The van der Waals surface area contributed by atoms with E-state index in [2.05, 4.69) is 16.0 Å². The fraction of sp³-hybridized carbons (Fsp3) is 0.467. The van der Waals surface area contributed by atoms with Crippen molar-refractivity contribution >= 4 is 11.8 Å². The van der Waals surface area contributed by atoms with Gasteiger partial charge in [0, 0.05) is 25.2 Å². The molecule has 1 fully saturated rings. The van der Waals surface area contributed by atoms with Crippen molar-refractivity contribution in [2.24, 2.45) is 0 Å². The minimum Gasteiger partial charge on any atom is -0.378 e. The average molecular weight is 309 g/mol. The van der Waals surface area contributed by atoms with E-state index in [9.17, 15) is 14.0 Å². The summed E-state index contributed by atoms with van der Waals surface area (Å²) >= 11 is 0. The van der Waals surface area contributed by atoms with E-state index in [1.165, 1.54) is 6.07 Å². The lowest BCUT2D eigenvalue weighted by molar-refractivity contribution is -0.125. The number of morpholine rings is 1. The topological polar surface area (TPSA) is 79.5 Å². The van der Waals surface area contributed by atoms with Gasteiger partial charge in [0.1, 0.15) is 11.9 Å². The molecule has 6 nitrogen and oxygen atoms in total. The second-order valence-electron chi connectivity index (χ2n) is 5.09. The van der Waals surface area contributed by atoms with Crippen LogP contribution in [0.4, 0.5) is 4.39 Å². The molecule has 0 aromatic heterocycles. The van der Waals surface area contributed by atoms with Crippen LogP contribution >= 0.6 is 0 Å². The van der Waals surface area contributed by atoms with Crippen LogP contribution in [0.5, 0.6) is 0 Å². The summed E-state index contributed by atoms with van der Waals surface area (Å²) in [6, 6.07) is 3.97. The minimum absolute atomic E-state index is 0.157. The summed E-state index contributed by atoms with van der Waals surface area (Å²) in [6.07, 6.45) is 0. The summed E-state index contributed by atoms with van der Waals surface area (Å²) < 4.78 is 18.6. The quantitative estimate of drug-likeness (QED) is 0.667. The minimum atomic E-state index is -0.413. The first-order chi connectivity index (χ1) is 10.6. The third-order valence-electron chi connectivity index (χ3n) is 3.38. The van der Waals surface area contributed by atoms with Crippen LogP contribution in [0.25, 0.3) is 0 Å². The van der Waals surface area contributed by atoms with Gasteiger partial charge >= 0.3 is 0 Å². The van der Waals surface area contributed by atoms with Crippen LogP contribution in [0.15, 0.2) is 18.2 Å². The van der Waals surface area contributed by atoms with Gasteiger partial charge in [0.2, 0.25) is 5.91 Å². The first-order valence-corrected chi connectivity index (χ1v) is 7.21. The molecule has 2 amide bonds. The molecular formula is C15H20FN3O3. The Kier molecular flexibility index (Phi) is 5.85. The zero-order chi connectivity index (χ0) is 15.9. The molecule has 0 spiro atoms. The molecule has 1 saturated heterocycles. The Morgan fingerprint density at radius 3 is 2.82 bits per heavy atom. The van der Waals surface area contributed by atoms with Gasteiger partial charge in [-0.05, 0) is 24.6 Å². The van der Waals surface area contributed by atoms with Crippen molar-refractivity contribution in [3.63, 3.8) is 0 Å². The number of hydrogen-bond donors (Lipinski definition) is 3. The number of carbonyl (C=O) groups is 2. The van der Waals surface area contributed by atoms with Crippen LogP contribution in [0.3, 0.4) is 0 Å². The highest BCUT2D eigenvalue weighted by molar-refractivity contribution is 5.94. The predicted molar refractivity (Wildman–Crippen MR) is 79.1 cm³/mol. The van der Waals surface area contributed by atoms with E-state index in [4.69, 9.17) is 4.74 Å². The lowest BCUT2D eigenvalue weighted by atomic mass is 10.1. The maximum Gasteiger partial charge on any atom is 0.251 e. The summed E-state index contributed by atoms with van der Waals surface area (Å²) in [5.41, 5.74) is 0.753. The van der Waals surface area contributed by atoms with E-state index in [1.54, 1.807) is 19.1 Å². The second kappa shape index (κ2) is 7.86. The lowest BCUT2D eigenvalue weighted by Crippen LogP contribution is -2.52. The van der Waals surface area contributed by atoms with Gasteiger partial charge in [-0.2, -0.15) is 0 Å². The highest BCUT2D eigenvalue weighted by Crippen LogP contribution is 2.08. The van der Waals surface area contributed by atoms with Gasteiger partial charge in [0.05, 0.1) is 13.2 Å². The Labute approximate surface area is 128 Å². The van der Waals surface area contributed by atoms with Crippen LogP contribution in [-0.4, -0.2) is 50.7 Å². The van der Waals surface area contributed by atoms with Crippen LogP contribution in [0.2, 0.25) is 0 Å². The van der Waals surface area contributed by atoms with Gasteiger partial charge in [0.25, 0.3) is 5.91 Å². The summed E-state index contributed by atoms with van der Waals surface area (Å²) in [5, 5.41) is 8.38. The van der Waals surface area contributed by atoms with Gasteiger partial charge in [-0.1, -0.05) is 6.07 Å². The fourth-order valence-corrected chi connectivity index (χ4v) is 2.05. The van der Waals surface area contributed by atoms with E-state index in [1.807, 2.05) is 0 Å². The highest BCUT2D eigenvalue weighted by atomic mass is 19.1. The standard InChI is InChI=1S/C15H20FN3O3/c1-10-2-3-11(8-12(10)16)14(20)18-4-5-19-15(21)13-9-22-7-6-17-13/h2-3,8,13,17H,4-7,9H2,1H3,(H,18,20)(H,19,21). The number of halogens is 1. The van der Waals surface area contributed by atoms with Crippen molar-refractivity contribution in [1.29, 1.82) is 0 Å². The van der Waals surface area contributed by atoms with Crippen molar-refractivity contribution < 1.29 is 18.7 Å². The predicted octanol–water partition coefficient (Wildman–Crippen LogP) is -0.0315. The molecule has 0 radical (unpaired) electrons. The molecule has 7 heteroatoms. The summed E-state index contributed by atoms with van der Waals surface area (Å²) in [4.78, 5) is 23.6. The van der Waals surface area contributed by atoms with E-state index in [-0.39, 0.29) is 30.0 Å². The zero-order valence-electron chi connectivity index (χ0n) is 12.4. The summed E-state index contributed by atoms with van der Waals surface area (Å²) in [6.45, 7) is 3.81. The molecule has 1 heterocycles. The molecule has 1 aliphatic rings. The molecule has 2 rings (SSSR count). The molecule has 1 unspecified atom stereocenters. The molecule has 1 aliphatic heterocycles. The van der Waals surface area contributed by atoms with Gasteiger partial charge < -0.3 is 20.7 Å². The molecule has 1 aromatic rings. The smallest absolute Gasteiger partial charge is 0.251 e. The van der Waals surface area contributed by atoms with Crippen molar-refractivity contribution in [1.82, 2.24) is 16.0 Å². The number of benzene rings is 1. The first kappa shape index (κ1) is 16.4. The third kappa shape index (κ3) is 4.51. The second-order valence-corrected chi connectivity index (χ2v) is 5.09. The normalized spacial score (nSPS) is 17.8. The molecule has 22 heavy (non-hydrogen) atoms. The third-order valence-corrected chi connectivity index (χ3v) is 3.38. The highest BCUT2D eigenvalue weighted by Gasteiger charge is 2.20. The number of rotatable bonds is 5. The maximum absolute atomic E-state index is 13.4. The molecular weight excluding hydrogens is 289 g/mol. The van der Waals surface area contributed by atoms with E-state index in [0.29, 0.717) is 31.9 Å². The van der Waals surface area contributed by atoms with Gasteiger partial charge in [0.15, 0.2) is 0 Å². The van der Waals surface area contributed by atoms with Gasteiger partial charge in [-0.25, -0.2) is 4.39 Å². The van der Waals surface area contributed by atoms with Gasteiger partial charge in [-0.3, -0.25) is 9.59 Å². The van der Waals surface area contributed by atoms with E-state index < -0.39 is 5.82 Å². The summed E-state index contributed by atoms with van der Waals surface area (Å²) in [5.74, 6) is -0.938. The number of hydrogen-bond acceptors (Lipinski definition) is 4. The summed E-state index contributed by atoms with van der Waals surface area (Å²) in [7, 11) is 0. The zero-order valence-corrected chi connectivity index (χ0v) is 12.4. The van der Waals surface area contributed by atoms with Crippen LogP contribution in [-0.2, 0) is 9.53 Å². The number of carbonyl (C=O) groups excluding carboxylic acids is 2. The van der Waals surface area contributed by atoms with Crippen molar-refractivity contribution in [3.8, 4) is 0 Å². The van der Waals surface area contributed by atoms with Crippen molar-refractivity contribution in [2.75, 3.05) is 32.8 Å². The molecule has 1 aromatic carbocycles. The number of nitrogens with one attached hydrogen (secondary N) is 3. The van der Waals surface area contributed by atoms with E-state index in [0.717, 1.165) is 0 Å². The van der Waals surface area contributed by atoms with Crippen LogP contribution in [0, 0.1) is 12.7 Å². The molecule has 1 atom stereocenters. The van der Waals surface area contributed by atoms with Crippen LogP contribution in [0.1, 0.15) is 15.9 Å². The van der Waals surface area contributed by atoms with Crippen molar-refractivity contribution in [3.05, 3.63) is 35.1 Å². The Hall–Kier alpha value is -1.99. The number of ether oxygens (including phenoxy) is 1. The molecule has 0 saturated carbocycles. The SMILES string of the molecule is Cc1ccc(C(=O)NCCNC(=O)C2COCCN2)cc1F. The van der Waals surface area contributed by atoms with Gasteiger partial charge in [-0.15, -0.1) is 0 Å². The Balaban J connectivity index is 1.70. The molecule has 0 aliphatic carbocycles. The number of aryl methyl sites for hydroxylation is 1. The fourth-order valence-electron chi connectivity index (χ4n) is 2.05. The first-order valence-electron chi connectivity index (χ1n) is 7.21. The lowest BCUT2D eigenvalue weighted by Gasteiger charge is -2.22. The van der Waals surface area contributed by atoms with Crippen LogP contribution < -0.4 is 16.0 Å². The maximum atomic E-state index is 13.4. The monoisotopic (exact) mass is 309 g/mol. The van der Waals surface area contributed by atoms with E-state index >= 15 is 0 Å². The average Bonchev–Trinajstić information content (AvgIpc) is 2.54. The Morgan fingerprint density at radius 2 is 2.14 bits per heavy atom. The Morgan fingerprint density at radius 1 is 1.36 bits per heavy atom. The number of amides is 2. The largest absolute Gasteiger partial charge is 0.378 e. The Bertz CT molecular complexity index is 545. The molecule has 120 valence electrons. The molecule has 0 bridgehead atoms. The molecule has 3 N–H and O–H groups in total. The van der Waals surface area contributed by atoms with Crippen molar-refractivity contribution in [2.45, 2.75) is 13.0 Å².